The van der Waals surface area contributed by atoms with Crippen LogP contribution in [0.25, 0.3) is 0 Å². The molecule has 0 atom stereocenters. The van der Waals surface area contributed by atoms with Gasteiger partial charge in [-0.05, 0) is 0 Å². The van der Waals surface area contributed by atoms with Crippen LogP contribution in [0.3, 0.4) is 0 Å². The van der Waals surface area contributed by atoms with Crippen molar-refractivity contribution in [2.45, 2.75) is 13.6 Å². The van der Waals surface area contributed by atoms with E-state index in [1.165, 1.54) is 0 Å². The van der Waals surface area contributed by atoms with E-state index in [-0.39, 0.29) is 14.1 Å². The van der Waals surface area contributed by atoms with Crippen LogP contribution >= 0.6 is 0 Å². The summed E-state index contributed by atoms with van der Waals surface area (Å²) in [7, 11) is 2.00. The van der Waals surface area contributed by atoms with Crippen molar-refractivity contribution in [3.63, 3.8) is 0 Å². The molecule has 6 heavy (non-hydrogen) atoms. The van der Waals surface area contributed by atoms with Crippen LogP contribution < -0.4 is 0 Å². The van der Waals surface area contributed by atoms with Crippen molar-refractivity contribution in [1.82, 2.24) is 0 Å². The van der Waals surface area contributed by atoms with Gasteiger partial charge in [-0.2, -0.15) is 0 Å². The van der Waals surface area contributed by atoms with Gasteiger partial charge in [-0.1, -0.05) is 13.6 Å². The predicted octanol–water partition coefficient (Wildman–Crippen LogP) is 1.24. The first kappa shape index (κ1) is 40.1. The molecule has 4 heteroatoms. The highest BCUT2D eigenvalue weighted by atomic mass is 19.0. The third kappa shape index (κ3) is 1490. The quantitative estimate of drug-likeness (QED) is 0.402. The van der Waals surface area contributed by atoms with E-state index >= 15 is 0 Å². The van der Waals surface area contributed by atoms with Crippen LogP contribution in [0.5, 0.6) is 0 Å². The highest BCUT2D eigenvalue weighted by Gasteiger charge is 1.42. The van der Waals surface area contributed by atoms with E-state index in [1.54, 1.807) is 0 Å². The zero-order valence-corrected chi connectivity index (χ0v) is 3.80. The van der Waals surface area contributed by atoms with Gasteiger partial charge in [0.2, 0.25) is 0 Å². The molecular formula is C2H9BF3. The molecule has 0 aromatic heterocycles. The Morgan fingerprint density at radius 2 is 0.833 bits per heavy atom. The van der Waals surface area contributed by atoms with Crippen molar-refractivity contribution < 1.29 is 14.1 Å². The first-order chi connectivity index (χ1) is 1.41. The molecule has 0 unspecified atom stereocenters. The summed E-state index contributed by atoms with van der Waals surface area (Å²) in [5, 5.41) is 0. The topological polar surface area (TPSA) is 0 Å². The lowest BCUT2D eigenvalue weighted by Crippen LogP contribution is -1.53. The van der Waals surface area contributed by atoms with Gasteiger partial charge in [-0.25, -0.2) is 0 Å². The molecule has 0 aliphatic carbocycles. The van der Waals surface area contributed by atoms with Crippen LogP contribution in [-0.2, 0) is 0 Å². The van der Waals surface area contributed by atoms with Crippen molar-refractivity contribution in [3.8, 4) is 0 Å². The van der Waals surface area contributed by atoms with Crippen LogP contribution in [0, 0.1) is 0 Å². The van der Waals surface area contributed by atoms with Crippen molar-refractivity contribution in [3.05, 3.63) is 0 Å². The van der Waals surface area contributed by atoms with Gasteiger partial charge in [0.25, 0.3) is 0 Å². The van der Waals surface area contributed by atoms with Gasteiger partial charge in [-0.3, -0.25) is 14.1 Å². The molecule has 41 valence electrons. The molecule has 0 rings (SSSR count). The average molecular weight is 101 g/mol. The fourth-order valence-electron chi connectivity index (χ4n) is 0. The van der Waals surface area contributed by atoms with E-state index in [9.17, 15) is 0 Å². The molecule has 0 saturated heterocycles. The molecule has 0 amide bonds. The Morgan fingerprint density at radius 3 is 0.833 bits per heavy atom. The summed E-state index contributed by atoms with van der Waals surface area (Å²) >= 11 is 0. The SMILES string of the molecule is C[B]C.F.F.F. The van der Waals surface area contributed by atoms with Crippen LogP contribution in [0.1, 0.15) is 0 Å². The standard InChI is InChI=1S/C2H6B.3FH/c1-3-2;;;/h1-2H3;3*1H. The minimum atomic E-state index is 0. The molecule has 0 heterocycles. The Hall–Kier alpha value is -0.145. The monoisotopic (exact) mass is 101 g/mol. The Bertz CT molecular complexity index is 8.75. The van der Waals surface area contributed by atoms with E-state index < -0.39 is 0 Å². The van der Waals surface area contributed by atoms with E-state index in [2.05, 4.69) is 0 Å². The summed E-state index contributed by atoms with van der Waals surface area (Å²) in [5.41, 5.74) is 0. The van der Waals surface area contributed by atoms with E-state index in [1.807, 2.05) is 20.9 Å². The maximum absolute atomic E-state index is 2.00. The number of hydrogen-bond donors (Lipinski definition) is 0. The molecule has 0 spiro atoms. The van der Waals surface area contributed by atoms with Gasteiger partial charge in [0.05, 0.1) is 0 Å². The Balaban J connectivity index is -0.00000000667. The van der Waals surface area contributed by atoms with Gasteiger partial charge in [-0.15, -0.1) is 0 Å². The Morgan fingerprint density at radius 1 is 0.833 bits per heavy atom. The Kier molecular flexibility index (Phi) is 660. The molecule has 0 aliphatic rings. The number of rotatable bonds is 0. The highest BCUT2D eigenvalue weighted by Crippen LogP contribution is 1.36. The van der Waals surface area contributed by atoms with Crippen LogP contribution in [0.15, 0.2) is 0 Å². The van der Waals surface area contributed by atoms with Crippen LogP contribution in [-0.4, -0.2) is 7.28 Å². The third-order valence-electron chi connectivity index (χ3n) is 0. The van der Waals surface area contributed by atoms with Crippen molar-refractivity contribution >= 4 is 7.28 Å². The molecule has 0 nitrogen and oxygen atoms in total. The molecule has 0 fully saturated rings. The van der Waals surface area contributed by atoms with Gasteiger partial charge in [0, 0.05) is 0 Å². The fraction of sp³-hybridized carbons (Fsp3) is 1.00. The predicted molar refractivity (Wildman–Crippen MR) is 25.0 cm³/mol. The normalized spacial score (nSPS) is 2.33. The first-order valence-corrected chi connectivity index (χ1v) is 1.15. The molecule has 0 N–H and O–H groups in total. The summed E-state index contributed by atoms with van der Waals surface area (Å²) in [4.78, 5) is 0. The molecule has 0 saturated carbocycles. The fourth-order valence-corrected chi connectivity index (χ4v) is 0. The lowest BCUT2D eigenvalue weighted by Gasteiger charge is -1.41. The zero-order valence-electron chi connectivity index (χ0n) is 3.80. The summed E-state index contributed by atoms with van der Waals surface area (Å²) in [6.45, 7) is 4.00. The van der Waals surface area contributed by atoms with Crippen molar-refractivity contribution in [2.75, 3.05) is 0 Å². The second kappa shape index (κ2) is 98.7. The van der Waals surface area contributed by atoms with E-state index in [4.69, 9.17) is 0 Å². The minimum Gasteiger partial charge on any atom is -0.269 e. The summed E-state index contributed by atoms with van der Waals surface area (Å²) in [5.74, 6) is 0. The maximum atomic E-state index is 2.00. The summed E-state index contributed by atoms with van der Waals surface area (Å²) in [6.07, 6.45) is 0. The lowest BCUT2D eigenvalue weighted by molar-refractivity contribution is 1.11. The third-order valence-corrected chi connectivity index (χ3v) is 0. The second-order valence-electron chi connectivity index (χ2n) is 0.577. The number of halogens is 3. The Labute approximate surface area is 36.3 Å². The minimum absolute atomic E-state index is 0. The van der Waals surface area contributed by atoms with Gasteiger partial charge in [0.15, 0.2) is 0 Å². The molecule has 0 aliphatic heterocycles. The van der Waals surface area contributed by atoms with E-state index in [0.29, 0.717) is 0 Å². The maximum Gasteiger partial charge on any atom is 0.102 e. The molecule has 1 radical (unpaired) electrons. The van der Waals surface area contributed by atoms with E-state index in [0.717, 1.165) is 0 Å². The smallest absolute Gasteiger partial charge is 0.102 e. The highest BCUT2D eigenvalue weighted by molar-refractivity contribution is 6.31. The van der Waals surface area contributed by atoms with Gasteiger partial charge in [0.1, 0.15) is 7.28 Å². The second-order valence-corrected chi connectivity index (χ2v) is 0.577. The van der Waals surface area contributed by atoms with Gasteiger partial charge >= 0.3 is 0 Å². The average Bonchev–Trinajstić information content (AvgIpc) is 0.918. The molecule has 0 bridgehead atoms. The number of hydrogen-bond acceptors (Lipinski definition) is 0. The first-order valence-electron chi connectivity index (χ1n) is 1.15. The van der Waals surface area contributed by atoms with Crippen LogP contribution in [0.2, 0.25) is 13.6 Å². The van der Waals surface area contributed by atoms with Gasteiger partial charge < -0.3 is 0 Å². The largest absolute Gasteiger partial charge is 0.269 e. The van der Waals surface area contributed by atoms with Crippen LogP contribution in [0.4, 0.5) is 14.1 Å². The summed E-state index contributed by atoms with van der Waals surface area (Å²) < 4.78 is 0. The lowest BCUT2D eigenvalue weighted by atomic mass is 9.88. The summed E-state index contributed by atoms with van der Waals surface area (Å²) in [6, 6.07) is 0. The molecule has 0 aromatic carbocycles. The molecule has 0 aromatic rings. The van der Waals surface area contributed by atoms with Crippen molar-refractivity contribution in [2.24, 2.45) is 0 Å². The zero-order chi connectivity index (χ0) is 2.71. The molecular weight excluding hydrogens is 91.8 g/mol. The van der Waals surface area contributed by atoms with Crippen molar-refractivity contribution in [1.29, 1.82) is 0 Å².